The molecule has 0 aliphatic rings. The molecule has 0 heterocycles. The van der Waals surface area contributed by atoms with Crippen LogP contribution in [0.4, 0.5) is 0 Å². The number of rotatable bonds is 5. The minimum atomic E-state index is -0.936. The molecule has 1 atom stereocenters. The van der Waals surface area contributed by atoms with Crippen molar-refractivity contribution in [1.29, 1.82) is 0 Å². The van der Waals surface area contributed by atoms with Crippen molar-refractivity contribution in [3.05, 3.63) is 35.4 Å². The Morgan fingerprint density at radius 1 is 1.40 bits per heavy atom. The Morgan fingerprint density at radius 3 is 2.67 bits per heavy atom. The maximum Gasteiger partial charge on any atom is 0.336 e. The predicted molar refractivity (Wildman–Crippen MR) is 58.6 cm³/mol. The van der Waals surface area contributed by atoms with E-state index in [-0.39, 0.29) is 11.6 Å². The Balaban J connectivity index is 2.87. The lowest BCUT2D eigenvalue weighted by Crippen LogP contribution is -2.16. The van der Waals surface area contributed by atoms with E-state index >= 15 is 0 Å². The monoisotopic (exact) mass is 208 g/mol. The van der Waals surface area contributed by atoms with E-state index in [0.717, 1.165) is 6.42 Å². The number of aromatic carboxylic acids is 1. The van der Waals surface area contributed by atoms with Crippen LogP contribution in [0.3, 0.4) is 0 Å². The zero-order chi connectivity index (χ0) is 11.3. The largest absolute Gasteiger partial charge is 0.478 e. The van der Waals surface area contributed by atoms with Gasteiger partial charge in [0.1, 0.15) is 0 Å². The van der Waals surface area contributed by atoms with Crippen LogP contribution >= 0.6 is 0 Å². The van der Waals surface area contributed by atoms with Crippen LogP contribution in [-0.2, 0) is 0 Å². The summed E-state index contributed by atoms with van der Waals surface area (Å²) >= 11 is 0. The maximum atomic E-state index is 10.9. The van der Waals surface area contributed by atoms with E-state index in [9.17, 15) is 4.79 Å². The summed E-state index contributed by atoms with van der Waals surface area (Å²) in [5.74, 6) is -0.936. The van der Waals surface area contributed by atoms with Crippen LogP contribution < -0.4 is 11.5 Å². The first-order chi connectivity index (χ1) is 7.16. The molecule has 0 aromatic heterocycles. The van der Waals surface area contributed by atoms with Gasteiger partial charge in [0.05, 0.1) is 5.56 Å². The van der Waals surface area contributed by atoms with E-state index in [4.69, 9.17) is 16.6 Å². The summed E-state index contributed by atoms with van der Waals surface area (Å²) in [6.45, 7) is 0.572. The molecule has 1 aromatic rings. The van der Waals surface area contributed by atoms with Gasteiger partial charge < -0.3 is 16.6 Å². The fourth-order valence-corrected chi connectivity index (χ4v) is 1.51. The third kappa shape index (κ3) is 3.04. The SMILES string of the molecule is NCCC[C@H](N)c1ccccc1C(=O)O. The third-order valence-corrected chi connectivity index (χ3v) is 2.31. The highest BCUT2D eigenvalue weighted by Crippen LogP contribution is 2.19. The average Bonchev–Trinajstić information content (AvgIpc) is 2.25. The summed E-state index contributed by atoms with van der Waals surface area (Å²) in [7, 11) is 0. The number of hydrogen-bond donors (Lipinski definition) is 3. The number of carboxylic acids is 1. The second-order valence-corrected chi connectivity index (χ2v) is 3.43. The second kappa shape index (κ2) is 5.48. The zero-order valence-electron chi connectivity index (χ0n) is 8.52. The summed E-state index contributed by atoms with van der Waals surface area (Å²) in [6, 6.07) is 6.57. The minimum absolute atomic E-state index is 0.249. The Hall–Kier alpha value is -1.39. The molecule has 0 aliphatic carbocycles. The molecule has 0 saturated heterocycles. The van der Waals surface area contributed by atoms with Gasteiger partial charge in [-0.3, -0.25) is 0 Å². The van der Waals surface area contributed by atoms with Crippen LogP contribution in [-0.4, -0.2) is 17.6 Å². The first-order valence-electron chi connectivity index (χ1n) is 4.94. The standard InChI is InChI=1S/C11H16N2O2/c12-7-3-6-10(13)8-4-1-2-5-9(8)11(14)15/h1-2,4-5,10H,3,6-7,12-13H2,(H,14,15)/t10-/m0/s1. The van der Waals surface area contributed by atoms with Crippen LogP contribution in [0, 0.1) is 0 Å². The van der Waals surface area contributed by atoms with E-state index in [1.165, 1.54) is 0 Å². The van der Waals surface area contributed by atoms with Crippen molar-refractivity contribution >= 4 is 5.97 Å². The molecule has 0 amide bonds. The van der Waals surface area contributed by atoms with Gasteiger partial charge in [-0.05, 0) is 31.0 Å². The number of carbonyl (C=O) groups is 1. The quantitative estimate of drug-likeness (QED) is 0.676. The van der Waals surface area contributed by atoms with Crippen molar-refractivity contribution in [3.8, 4) is 0 Å². The van der Waals surface area contributed by atoms with Crippen LogP contribution in [0.25, 0.3) is 0 Å². The fourth-order valence-electron chi connectivity index (χ4n) is 1.51. The summed E-state index contributed by atoms with van der Waals surface area (Å²) in [4.78, 5) is 10.9. The highest BCUT2D eigenvalue weighted by molar-refractivity contribution is 5.89. The molecular weight excluding hydrogens is 192 g/mol. The molecule has 0 radical (unpaired) electrons. The van der Waals surface area contributed by atoms with Crippen LogP contribution in [0.1, 0.15) is 34.8 Å². The molecule has 0 unspecified atom stereocenters. The lowest BCUT2D eigenvalue weighted by atomic mass is 9.97. The van der Waals surface area contributed by atoms with Gasteiger partial charge in [0, 0.05) is 6.04 Å². The van der Waals surface area contributed by atoms with Crippen molar-refractivity contribution in [2.24, 2.45) is 11.5 Å². The van der Waals surface area contributed by atoms with Gasteiger partial charge in [0.15, 0.2) is 0 Å². The summed E-state index contributed by atoms with van der Waals surface area (Å²) in [5, 5.41) is 8.96. The molecule has 0 aliphatic heterocycles. The lowest BCUT2D eigenvalue weighted by Gasteiger charge is -2.13. The van der Waals surface area contributed by atoms with Gasteiger partial charge in [0.25, 0.3) is 0 Å². The van der Waals surface area contributed by atoms with Gasteiger partial charge in [0.2, 0.25) is 0 Å². The van der Waals surface area contributed by atoms with Crippen molar-refractivity contribution < 1.29 is 9.90 Å². The second-order valence-electron chi connectivity index (χ2n) is 3.43. The van der Waals surface area contributed by atoms with Gasteiger partial charge in [-0.25, -0.2) is 4.79 Å². The molecule has 15 heavy (non-hydrogen) atoms. The Labute approximate surface area is 88.9 Å². The molecule has 82 valence electrons. The molecule has 1 aromatic carbocycles. The number of benzene rings is 1. The summed E-state index contributed by atoms with van der Waals surface area (Å²) in [5.41, 5.74) is 12.2. The first-order valence-corrected chi connectivity index (χ1v) is 4.94. The van der Waals surface area contributed by atoms with E-state index in [0.29, 0.717) is 18.5 Å². The molecule has 0 fully saturated rings. The van der Waals surface area contributed by atoms with Gasteiger partial charge in [-0.15, -0.1) is 0 Å². The number of nitrogens with two attached hydrogens (primary N) is 2. The number of hydrogen-bond acceptors (Lipinski definition) is 3. The lowest BCUT2D eigenvalue weighted by molar-refractivity contribution is 0.0695. The fraction of sp³-hybridized carbons (Fsp3) is 0.364. The minimum Gasteiger partial charge on any atom is -0.478 e. The van der Waals surface area contributed by atoms with Gasteiger partial charge in [-0.2, -0.15) is 0 Å². The van der Waals surface area contributed by atoms with Crippen LogP contribution in [0.5, 0.6) is 0 Å². The first kappa shape index (κ1) is 11.7. The Kier molecular flexibility index (Phi) is 4.27. The zero-order valence-corrected chi connectivity index (χ0v) is 8.52. The van der Waals surface area contributed by atoms with Crippen LogP contribution in [0.15, 0.2) is 24.3 Å². The maximum absolute atomic E-state index is 10.9. The Morgan fingerprint density at radius 2 is 2.07 bits per heavy atom. The Bertz CT molecular complexity index is 339. The van der Waals surface area contributed by atoms with E-state index in [1.54, 1.807) is 24.3 Å². The van der Waals surface area contributed by atoms with Crippen molar-refractivity contribution in [1.82, 2.24) is 0 Å². The molecule has 0 bridgehead atoms. The van der Waals surface area contributed by atoms with Gasteiger partial charge >= 0.3 is 5.97 Å². The molecule has 5 N–H and O–H groups in total. The van der Waals surface area contributed by atoms with Crippen molar-refractivity contribution in [2.75, 3.05) is 6.54 Å². The normalized spacial score (nSPS) is 12.4. The molecule has 4 heteroatoms. The third-order valence-electron chi connectivity index (χ3n) is 2.31. The smallest absolute Gasteiger partial charge is 0.336 e. The highest BCUT2D eigenvalue weighted by atomic mass is 16.4. The molecule has 0 spiro atoms. The number of carboxylic acid groups (broad SMARTS) is 1. The van der Waals surface area contributed by atoms with Gasteiger partial charge in [-0.1, -0.05) is 18.2 Å². The molecule has 0 saturated carbocycles. The molecular formula is C11H16N2O2. The van der Waals surface area contributed by atoms with Crippen molar-refractivity contribution in [2.45, 2.75) is 18.9 Å². The van der Waals surface area contributed by atoms with E-state index in [2.05, 4.69) is 0 Å². The average molecular weight is 208 g/mol. The van der Waals surface area contributed by atoms with E-state index in [1.807, 2.05) is 0 Å². The predicted octanol–water partition coefficient (Wildman–Crippen LogP) is 1.12. The van der Waals surface area contributed by atoms with E-state index < -0.39 is 5.97 Å². The summed E-state index contributed by atoms with van der Waals surface area (Å²) in [6.07, 6.45) is 1.51. The highest BCUT2D eigenvalue weighted by Gasteiger charge is 2.14. The van der Waals surface area contributed by atoms with Crippen molar-refractivity contribution in [3.63, 3.8) is 0 Å². The molecule has 1 rings (SSSR count). The van der Waals surface area contributed by atoms with Crippen LogP contribution in [0.2, 0.25) is 0 Å². The topological polar surface area (TPSA) is 89.3 Å². The summed E-state index contributed by atoms with van der Waals surface area (Å²) < 4.78 is 0. The molecule has 4 nitrogen and oxygen atoms in total.